The molecule has 1 heterocycles. The summed E-state index contributed by atoms with van der Waals surface area (Å²) in [6.07, 6.45) is 4.09. The van der Waals surface area contributed by atoms with Crippen LogP contribution >= 0.6 is 0 Å². The van der Waals surface area contributed by atoms with Gasteiger partial charge in [0.1, 0.15) is 5.82 Å². The first-order valence-corrected chi connectivity index (χ1v) is 6.49. The van der Waals surface area contributed by atoms with E-state index in [1.807, 2.05) is 12.3 Å². The van der Waals surface area contributed by atoms with E-state index in [1.165, 1.54) is 12.1 Å². The molecule has 106 valence electrons. The lowest BCUT2D eigenvalue weighted by Crippen LogP contribution is -2.00. The van der Waals surface area contributed by atoms with E-state index in [-0.39, 0.29) is 12.2 Å². The fourth-order valence-electron chi connectivity index (χ4n) is 1.94. The normalized spacial score (nSPS) is 10.7. The van der Waals surface area contributed by atoms with Crippen LogP contribution in [-0.4, -0.2) is 26.1 Å². The maximum Gasteiger partial charge on any atom is 0.303 e. The van der Waals surface area contributed by atoms with Crippen LogP contribution in [0.3, 0.4) is 0 Å². The lowest BCUT2D eigenvalue weighted by Gasteiger charge is -2.00. The Morgan fingerprint density at radius 1 is 1.35 bits per heavy atom. The lowest BCUT2D eigenvalue weighted by atomic mass is 10.1. The number of carboxylic acid groups (broad SMARTS) is 1. The van der Waals surface area contributed by atoms with Crippen molar-refractivity contribution in [2.24, 2.45) is 0 Å². The molecule has 0 aliphatic rings. The van der Waals surface area contributed by atoms with Gasteiger partial charge in [0.15, 0.2) is 0 Å². The van der Waals surface area contributed by atoms with Gasteiger partial charge in [0, 0.05) is 12.6 Å². The lowest BCUT2D eigenvalue weighted by molar-refractivity contribution is -0.137. The van der Waals surface area contributed by atoms with Gasteiger partial charge in [-0.2, -0.15) is 0 Å². The van der Waals surface area contributed by atoms with E-state index in [0.29, 0.717) is 19.4 Å². The molecule has 1 aromatic carbocycles. The molecule has 0 amide bonds. The molecule has 0 saturated heterocycles. The summed E-state index contributed by atoms with van der Waals surface area (Å²) in [4.78, 5) is 10.4. The number of aliphatic carboxylic acids is 1. The van der Waals surface area contributed by atoms with Crippen molar-refractivity contribution < 1.29 is 14.3 Å². The molecule has 2 rings (SSSR count). The van der Waals surface area contributed by atoms with Crippen LogP contribution in [-0.2, 0) is 17.8 Å². The highest BCUT2D eigenvalue weighted by Crippen LogP contribution is 2.07. The van der Waals surface area contributed by atoms with Crippen LogP contribution in [0.4, 0.5) is 4.39 Å². The highest BCUT2D eigenvalue weighted by Gasteiger charge is 2.03. The molecule has 0 spiro atoms. The van der Waals surface area contributed by atoms with Crippen molar-refractivity contribution in [2.75, 3.05) is 0 Å². The average molecular weight is 277 g/mol. The zero-order valence-corrected chi connectivity index (χ0v) is 11.0. The second-order valence-corrected chi connectivity index (χ2v) is 4.64. The molecule has 0 radical (unpaired) electrons. The summed E-state index contributed by atoms with van der Waals surface area (Å²) in [6.45, 7) is 0.472. The number of unbranched alkanes of at least 4 members (excludes halogenated alkanes) is 1. The predicted molar refractivity (Wildman–Crippen MR) is 70.7 cm³/mol. The van der Waals surface area contributed by atoms with Gasteiger partial charge in [0.25, 0.3) is 0 Å². The van der Waals surface area contributed by atoms with Crippen molar-refractivity contribution in [3.63, 3.8) is 0 Å². The smallest absolute Gasteiger partial charge is 0.303 e. The summed E-state index contributed by atoms with van der Waals surface area (Å²) in [7, 11) is 0. The van der Waals surface area contributed by atoms with E-state index in [0.717, 1.165) is 17.7 Å². The molecular weight excluding hydrogens is 261 g/mol. The highest BCUT2D eigenvalue weighted by molar-refractivity contribution is 5.66. The molecule has 6 heteroatoms. The third kappa shape index (κ3) is 4.46. The van der Waals surface area contributed by atoms with Crippen LogP contribution in [0.15, 0.2) is 30.5 Å². The number of hydrogen-bond acceptors (Lipinski definition) is 3. The van der Waals surface area contributed by atoms with Crippen molar-refractivity contribution >= 4 is 5.97 Å². The second-order valence-electron chi connectivity index (χ2n) is 4.64. The van der Waals surface area contributed by atoms with Gasteiger partial charge >= 0.3 is 5.97 Å². The van der Waals surface area contributed by atoms with Gasteiger partial charge in [-0.25, -0.2) is 9.07 Å². The molecule has 5 nitrogen and oxygen atoms in total. The number of carbonyl (C=O) groups is 1. The Bertz CT molecular complexity index is 583. The van der Waals surface area contributed by atoms with Crippen LogP contribution in [0.2, 0.25) is 0 Å². The third-order valence-electron chi connectivity index (χ3n) is 2.89. The molecule has 0 bridgehead atoms. The van der Waals surface area contributed by atoms with Gasteiger partial charge in [-0.3, -0.25) is 4.79 Å². The first-order chi connectivity index (χ1) is 9.63. The summed E-state index contributed by atoms with van der Waals surface area (Å²) >= 11 is 0. The molecule has 1 aromatic heterocycles. The van der Waals surface area contributed by atoms with Crippen LogP contribution in [0.25, 0.3) is 0 Å². The maximum atomic E-state index is 13.1. The summed E-state index contributed by atoms with van der Waals surface area (Å²) in [5.41, 5.74) is 1.65. The van der Waals surface area contributed by atoms with Crippen LogP contribution in [0.5, 0.6) is 0 Å². The van der Waals surface area contributed by atoms with Crippen LogP contribution in [0.1, 0.15) is 30.5 Å². The summed E-state index contributed by atoms with van der Waals surface area (Å²) in [6, 6.07) is 6.36. The van der Waals surface area contributed by atoms with Gasteiger partial charge in [-0.15, -0.1) is 5.10 Å². The van der Waals surface area contributed by atoms with Gasteiger partial charge in [-0.1, -0.05) is 17.3 Å². The minimum absolute atomic E-state index is 0.178. The largest absolute Gasteiger partial charge is 0.481 e. The summed E-state index contributed by atoms with van der Waals surface area (Å²) in [5.74, 6) is -1.05. The van der Waals surface area contributed by atoms with Gasteiger partial charge in [0.05, 0.1) is 12.2 Å². The van der Waals surface area contributed by atoms with Crippen molar-refractivity contribution in [3.8, 4) is 0 Å². The Morgan fingerprint density at radius 2 is 2.20 bits per heavy atom. The Labute approximate surface area is 116 Å². The number of rotatable bonds is 7. The van der Waals surface area contributed by atoms with E-state index in [4.69, 9.17) is 5.11 Å². The number of nitrogens with zero attached hydrogens (tertiary/aromatic N) is 3. The minimum atomic E-state index is -0.778. The zero-order valence-electron chi connectivity index (χ0n) is 11.0. The first kappa shape index (κ1) is 14.2. The molecule has 0 fully saturated rings. The van der Waals surface area contributed by atoms with Crippen molar-refractivity contribution in [1.29, 1.82) is 0 Å². The minimum Gasteiger partial charge on any atom is -0.481 e. The quantitative estimate of drug-likeness (QED) is 0.788. The SMILES string of the molecule is O=C(O)CCCCc1cn(Cc2cccc(F)c2)nn1. The molecule has 20 heavy (non-hydrogen) atoms. The zero-order chi connectivity index (χ0) is 14.4. The van der Waals surface area contributed by atoms with E-state index in [9.17, 15) is 9.18 Å². The van der Waals surface area contributed by atoms with Gasteiger partial charge in [-0.05, 0) is 37.0 Å². The Balaban J connectivity index is 1.84. The van der Waals surface area contributed by atoms with Crippen molar-refractivity contribution in [2.45, 2.75) is 32.2 Å². The van der Waals surface area contributed by atoms with Gasteiger partial charge < -0.3 is 5.11 Å². The molecule has 0 aliphatic heterocycles. The molecule has 0 saturated carbocycles. The first-order valence-electron chi connectivity index (χ1n) is 6.49. The van der Waals surface area contributed by atoms with Crippen molar-refractivity contribution in [3.05, 3.63) is 47.5 Å². The van der Waals surface area contributed by atoms with Crippen molar-refractivity contribution in [1.82, 2.24) is 15.0 Å². The number of hydrogen-bond donors (Lipinski definition) is 1. The maximum absolute atomic E-state index is 13.1. The number of carboxylic acids is 1. The van der Waals surface area contributed by atoms with E-state index >= 15 is 0 Å². The molecule has 0 atom stereocenters. The van der Waals surface area contributed by atoms with Gasteiger partial charge in [0.2, 0.25) is 0 Å². The topological polar surface area (TPSA) is 68.0 Å². The molecule has 2 aromatic rings. The number of aryl methyl sites for hydroxylation is 1. The Hall–Kier alpha value is -2.24. The van der Waals surface area contributed by atoms with E-state index in [2.05, 4.69) is 10.3 Å². The number of halogens is 1. The number of benzene rings is 1. The second kappa shape index (κ2) is 6.79. The van der Waals surface area contributed by atoms with E-state index < -0.39 is 5.97 Å². The molecule has 1 N–H and O–H groups in total. The highest BCUT2D eigenvalue weighted by atomic mass is 19.1. The third-order valence-corrected chi connectivity index (χ3v) is 2.89. The monoisotopic (exact) mass is 277 g/mol. The Kier molecular flexibility index (Phi) is 4.81. The standard InChI is InChI=1S/C14H16FN3O2/c15-12-5-3-4-11(8-12)9-18-10-13(16-17-18)6-1-2-7-14(19)20/h3-5,8,10H,1-2,6-7,9H2,(H,19,20). The van der Waals surface area contributed by atoms with E-state index in [1.54, 1.807) is 10.7 Å². The molecule has 0 unspecified atom stereocenters. The number of aromatic nitrogens is 3. The van der Waals surface area contributed by atoms with Crippen LogP contribution in [0, 0.1) is 5.82 Å². The molecular formula is C14H16FN3O2. The van der Waals surface area contributed by atoms with Crippen LogP contribution < -0.4 is 0 Å². The fourth-order valence-corrected chi connectivity index (χ4v) is 1.94. The molecule has 0 aliphatic carbocycles. The summed E-state index contributed by atoms with van der Waals surface area (Å²) in [5, 5.41) is 16.5. The summed E-state index contributed by atoms with van der Waals surface area (Å²) < 4.78 is 14.7. The average Bonchev–Trinajstić information content (AvgIpc) is 2.82. The fraction of sp³-hybridized carbons (Fsp3) is 0.357. The Morgan fingerprint density at radius 3 is 2.95 bits per heavy atom. The predicted octanol–water partition coefficient (Wildman–Crippen LogP) is 2.26.